The van der Waals surface area contributed by atoms with Crippen molar-refractivity contribution >= 4 is 21.4 Å². The third-order valence-corrected chi connectivity index (χ3v) is 4.96. The maximum Gasteiger partial charge on any atom is 0.213 e. The van der Waals surface area contributed by atoms with E-state index in [9.17, 15) is 8.42 Å². The number of thiazole rings is 1. The van der Waals surface area contributed by atoms with Crippen molar-refractivity contribution < 1.29 is 8.42 Å². The van der Waals surface area contributed by atoms with Crippen LogP contribution in [-0.2, 0) is 16.4 Å². The largest absolute Gasteiger partial charge is 0.250 e. The molecule has 1 aromatic rings. The SMILES string of the molecule is CCCS(=O)(=O)N(C)CCc1nccs1. The molecule has 0 unspecified atom stereocenters. The van der Waals surface area contributed by atoms with Crippen LogP contribution in [0, 0.1) is 0 Å². The summed E-state index contributed by atoms with van der Waals surface area (Å²) in [7, 11) is -1.43. The fraction of sp³-hybridized carbons (Fsp3) is 0.667. The van der Waals surface area contributed by atoms with E-state index in [1.807, 2.05) is 12.3 Å². The Balaban J connectivity index is 2.45. The van der Waals surface area contributed by atoms with E-state index >= 15 is 0 Å². The summed E-state index contributed by atoms with van der Waals surface area (Å²) in [4.78, 5) is 4.11. The Morgan fingerprint density at radius 2 is 2.27 bits per heavy atom. The van der Waals surface area contributed by atoms with Crippen LogP contribution in [-0.4, -0.2) is 37.1 Å². The van der Waals surface area contributed by atoms with Gasteiger partial charge >= 0.3 is 0 Å². The fourth-order valence-electron chi connectivity index (χ4n) is 1.18. The van der Waals surface area contributed by atoms with E-state index in [2.05, 4.69) is 4.98 Å². The lowest BCUT2D eigenvalue weighted by molar-refractivity contribution is 0.471. The number of hydrogen-bond acceptors (Lipinski definition) is 4. The molecule has 15 heavy (non-hydrogen) atoms. The van der Waals surface area contributed by atoms with Crippen LogP contribution < -0.4 is 0 Å². The minimum absolute atomic E-state index is 0.224. The highest BCUT2D eigenvalue weighted by Gasteiger charge is 2.16. The maximum atomic E-state index is 11.6. The number of aromatic nitrogens is 1. The van der Waals surface area contributed by atoms with Gasteiger partial charge in [-0.2, -0.15) is 0 Å². The predicted octanol–water partition coefficient (Wildman–Crippen LogP) is 1.36. The Morgan fingerprint density at radius 1 is 1.53 bits per heavy atom. The van der Waals surface area contributed by atoms with Gasteiger partial charge in [0.15, 0.2) is 0 Å². The molecular weight excluding hydrogens is 232 g/mol. The molecule has 0 amide bonds. The third-order valence-electron chi connectivity index (χ3n) is 2.06. The molecule has 4 nitrogen and oxygen atoms in total. The average molecular weight is 248 g/mol. The number of sulfonamides is 1. The van der Waals surface area contributed by atoms with E-state index in [4.69, 9.17) is 0 Å². The van der Waals surface area contributed by atoms with E-state index in [-0.39, 0.29) is 5.75 Å². The zero-order chi connectivity index (χ0) is 11.3. The number of rotatable bonds is 6. The summed E-state index contributed by atoms with van der Waals surface area (Å²) in [5.74, 6) is 0.224. The molecule has 6 heteroatoms. The van der Waals surface area contributed by atoms with E-state index in [1.165, 1.54) is 4.31 Å². The van der Waals surface area contributed by atoms with Crippen LogP contribution in [0.1, 0.15) is 18.4 Å². The fourth-order valence-corrected chi connectivity index (χ4v) is 2.99. The molecule has 0 aliphatic rings. The summed E-state index contributed by atoms with van der Waals surface area (Å²) < 4.78 is 24.6. The highest BCUT2D eigenvalue weighted by molar-refractivity contribution is 7.89. The summed E-state index contributed by atoms with van der Waals surface area (Å²) in [5.41, 5.74) is 0. The molecule has 0 aromatic carbocycles. The van der Waals surface area contributed by atoms with Crippen LogP contribution in [0.15, 0.2) is 11.6 Å². The minimum Gasteiger partial charge on any atom is -0.250 e. The van der Waals surface area contributed by atoms with Gasteiger partial charge in [-0.1, -0.05) is 6.92 Å². The highest BCUT2D eigenvalue weighted by atomic mass is 32.2. The lowest BCUT2D eigenvalue weighted by Crippen LogP contribution is -2.30. The van der Waals surface area contributed by atoms with Gasteiger partial charge in [0.05, 0.1) is 10.8 Å². The lowest BCUT2D eigenvalue weighted by atomic mass is 10.4. The van der Waals surface area contributed by atoms with Crippen molar-refractivity contribution in [1.29, 1.82) is 0 Å². The second kappa shape index (κ2) is 5.58. The summed E-state index contributed by atoms with van der Waals surface area (Å²) in [6.45, 7) is 2.38. The molecular formula is C9H16N2O2S2. The van der Waals surface area contributed by atoms with Gasteiger partial charge in [0.25, 0.3) is 0 Å². The first-order valence-corrected chi connectivity index (χ1v) is 7.37. The summed E-state index contributed by atoms with van der Waals surface area (Å²) in [6.07, 6.45) is 3.08. The molecule has 0 N–H and O–H groups in total. The first-order chi connectivity index (χ1) is 7.06. The number of nitrogens with zero attached hydrogens (tertiary/aromatic N) is 2. The zero-order valence-corrected chi connectivity index (χ0v) is 10.6. The average Bonchev–Trinajstić information content (AvgIpc) is 2.66. The van der Waals surface area contributed by atoms with Crippen molar-refractivity contribution in [1.82, 2.24) is 9.29 Å². The monoisotopic (exact) mass is 248 g/mol. The quantitative estimate of drug-likeness (QED) is 0.763. The first kappa shape index (κ1) is 12.6. The number of hydrogen-bond donors (Lipinski definition) is 0. The van der Waals surface area contributed by atoms with Gasteiger partial charge in [0, 0.05) is 31.6 Å². The Labute approximate surface area is 95.0 Å². The van der Waals surface area contributed by atoms with Crippen LogP contribution in [0.4, 0.5) is 0 Å². The van der Waals surface area contributed by atoms with Crippen LogP contribution in [0.25, 0.3) is 0 Å². The van der Waals surface area contributed by atoms with Crippen LogP contribution in [0.2, 0.25) is 0 Å². The Hall–Kier alpha value is -0.460. The number of likely N-dealkylation sites (N-methyl/N-ethyl adjacent to an activating group) is 1. The van der Waals surface area contributed by atoms with Crippen molar-refractivity contribution in [3.63, 3.8) is 0 Å². The highest BCUT2D eigenvalue weighted by Crippen LogP contribution is 2.07. The second-order valence-electron chi connectivity index (χ2n) is 3.31. The standard InChI is InChI=1S/C9H16N2O2S2/c1-3-8-15(12,13)11(2)6-4-9-10-5-7-14-9/h5,7H,3-4,6,8H2,1-2H3. The molecule has 0 spiro atoms. The molecule has 0 aliphatic carbocycles. The van der Waals surface area contributed by atoms with Crippen molar-refractivity contribution in [3.05, 3.63) is 16.6 Å². The molecule has 1 heterocycles. The summed E-state index contributed by atoms with van der Waals surface area (Å²) >= 11 is 1.56. The molecule has 1 aromatic heterocycles. The third kappa shape index (κ3) is 3.89. The van der Waals surface area contributed by atoms with Gasteiger partial charge in [-0.15, -0.1) is 11.3 Å². The maximum absolute atomic E-state index is 11.6. The molecule has 86 valence electrons. The predicted molar refractivity (Wildman–Crippen MR) is 62.5 cm³/mol. The lowest BCUT2D eigenvalue weighted by Gasteiger charge is -2.15. The second-order valence-corrected chi connectivity index (χ2v) is 6.49. The van der Waals surface area contributed by atoms with Gasteiger partial charge in [0.1, 0.15) is 0 Å². The first-order valence-electron chi connectivity index (χ1n) is 4.88. The van der Waals surface area contributed by atoms with Gasteiger partial charge < -0.3 is 0 Å². The molecule has 0 radical (unpaired) electrons. The van der Waals surface area contributed by atoms with E-state index in [1.54, 1.807) is 24.6 Å². The van der Waals surface area contributed by atoms with Crippen molar-refractivity contribution in [3.8, 4) is 0 Å². The van der Waals surface area contributed by atoms with E-state index < -0.39 is 10.0 Å². The van der Waals surface area contributed by atoms with Gasteiger partial charge in [-0.3, -0.25) is 0 Å². The van der Waals surface area contributed by atoms with Crippen molar-refractivity contribution in [2.45, 2.75) is 19.8 Å². The molecule has 1 rings (SSSR count). The van der Waals surface area contributed by atoms with Crippen LogP contribution in [0.5, 0.6) is 0 Å². The minimum atomic E-state index is -3.05. The zero-order valence-electron chi connectivity index (χ0n) is 9.01. The molecule has 0 bridgehead atoms. The van der Waals surface area contributed by atoms with Crippen molar-refractivity contribution in [2.75, 3.05) is 19.3 Å². The normalized spacial score (nSPS) is 12.2. The Kier molecular flexibility index (Phi) is 4.69. The van der Waals surface area contributed by atoms with Crippen LogP contribution in [0.3, 0.4) is 0 Å². The van der Waals surface area contributed by atoms with Gasteiger partial charge in [0.2, 0.25) is 10.0 Å². The van der Waals surface area contributed by atoms with Crippen molar-refractivity contribution in [2.24, 2.45) is 0 Å². The molecule has 0 saturated carbocycles. The van der Waals surface area contributed by atoms with Gasteiger partial charge in [-0.05, 0) is 6.42 Å². The molecule has 0 atom stereocenters. The topological polar surface area (TPSA) is 50.3 Å². The van der Waals surface area contributed by atoms with Gasteiger partial charge in [-0.25, -0.2) is 17.7 Å². The Bertz CT molecular complexity index is 373. The van der Waals surface area contributed by atoms with E-state index in [0.29, 0.717) is 19.4 Å². The smallest absolute Gasteiger partial charge is 0.213 e. The molecule has 0 saturated heterocycles. The molecule has 0 aliphatic heterocycles. The Morgan fingerprint density at radius 3 is 2.80 bits per heavy atom. The molecule has 0 fully saturated rings. The van der Waals surface area contributed by atoms with Crippen LogP contribution >= 0.6 is 11.3 Å². The summed E-state index contributed by atoms with van der Waals surface area (Å²) in [6, 6.07) is 0. The van der Waals surface area contributed by atoms with E-state index in [0.717, 1.165) is 5.01 Å². The summed E-state index contributed by atoms with van der Waals surface area (Å²) in [5, 5.41) is 2.88.